The Morgan fingerprint density at radius 3 is 2.60 bits per heavy atom. The summed E-state index contributed by atoms with van der Waals surface area (Å²) in [6, 6.07) is 0. The molecule has 15 heavy (non-hydrogen) atoms. The zero-order valence-electron chi connectivity index (χ0n) is 8.94. The SMILES string of the molecule is CC1CCCC(CN)(OCC(F)(F)F)C1. The number of ether oxygens (including phenoxy) is 1. The van der Waals surface area contributed by atoms with Crippen molar-refractivity contribution < 1.29 is 17.9 Å². The molecule has 0 aromatic carbocycles. The van der Waals surface area contributed by atoms with Crippen molar-refractivity contribution >= 4 is 0 Å². The van der Waals surface area contributed by atoms with Crippen LogP contribution in [0.1, 0.15) is 32.6 Å². The van der Waals surface area contributed by atoms with Crippen LogP contribution in [-0.4, -0.2) is 24.9 Å². The molecule has 1 saturated carbocycles. The van der Waals surface area contributed by atoms with E-state index >= 15 is 0 Å². The molecule has 0 aromatic rings. The Hall–Kier alpha value is -0.290. The molecule has 0 amide bonds. The molecule has 2 unspecified atom stereocenters. The maximum absolute atomic E-state index is 12.0. The fraction of sp³-hybridized carbons (Fsp3) is 1.00. The summed E-state index contributed by atoms with van der Waals surface area (Å²) in [5, 5.41) is 0. The van der Waals surface area contributed by atoms with Gasteiger partial charge in [0.05, 0.1) is 5.60 Å². The van der Waals surface area contributed by atoms with Crippen molar-refractivity contribution in [3.8, 4) is 0 Å². The van der Waals surface area contributed by atoms with Crippen molar-refractivity contribution in [2.45, 2.75) is 44.4 Å². The molecule has 2 atom stereocenters. The summed E-state index contributed by atoms with van der Waals surface area (Å²) in [6.45, 7) is 1.02. The smallest absolute Gasteiger partial charge is 0.364 e. The van der Waals surface area contributed by atoms with Crippen molar-refractivity contribution in [3.05, 3.63) is 0 Å². The van der Waals surface area contributed by atoms with E-state index < -0.39 is 18.4 Å². The summed E-state index contributed by atoms with van der Waals surface area (Å²) in [5.41, 5.74) is 4.79. The monoisotopic (exact) mass is 225 g/mol. The van der Waals surface area contributed by atoms with Crippen LogP contribution in [0.4, 0.5) is 13.2 Å². The normalized spacial score (nSPS) is 33.0. The van der Waals surface area contributed by atoms with Crippen LogP contribution in [0.5, 0.6) is 0 Å². The quantitative estimate of drug-likeness (QED) is 0.800. The molecule has 2 nitrogen and oxygen atoms in total. The first-order valence-corrected chi connectivity index (χ1v) is 5.28. The molecule has 0 aromatic heterocycles. The van der Waals surface area contributed by atoms with E-state index in [9.17, 15) is 13.2 Å². The number of alkyl halides is 3. The largest absolute Gasteiger partial charge is 0.411 e. The highest BCUT2D eigenvalue weighted by Crippen LogP contribution is 2.35. The molecule has 0 heterocycles. The summed E-state index contributed by atoms with van der Waals surface area (Å²) in [5.74, 6) is 0.399. The molecule has 2 N–H and O–H groups in total. The molecule has 1 aliphatic carbocycles. The van der Waals surface area contributed by atoms with Crippen molar-refractivity contribution in [3.63, 3.8) is 0 Å². The van der Waals surface area contributed by atoms with Crippen LogP contribution in [0.3, 0.4) is 0 Å². The van der Waals surface area contributed by atoms with E-state index in [0.29, 0.717) is 18.8 Å². The van der Waals surface area contributed by atoms with Gasteiger partial charge >= 0.3 is 6.18 Å². The van der Waals surface area contributed by atoms with Gasteiger partial charge in [0.1, 0.15) is 6.61 Å². The highest BCUT2D eigenvalue weighted by atomic mass is 19.4. The third-order valence-electron chi connectivity index (χ3n) is 2.96. The predicted molar refractivity (Wildman–Crippen MR) is 51.4 cm³/mol. The second-order valence-electron chi connectivity index (χ2n) is 4.49. The van der Waals surface area contributed by atoms with Gasteiger partial charge in [0, 0.05) is 6.54 Å². The summed E-state index contributed by atoms with van der Waals surface area (Å²) in [7, 11) is 0. The van der Waals surface area contributed by atoms with Gasteiger partial charge in [-0.15, -0.1) is 0 Å². The van der Waals surface area contributed by atoms with E-state index in [0.717, 1.165) is 12.8 Å². The average Bonchev–Trinajstić information content (AvgIpc) is 2.14. The first-order valence-electron chi connectivity index (χ1n) is 5.28. The zero-order chi connectivity index (χ0) is 11.5. The van der Waals surface area contributed by atoms with Crippen molar-refractivity contribution in [2.75, 3.05) is 13.2 Å². The summed E-state index contributed by atoms with van der Waals surface area (Å²) >= 11 is 0. The van der Waals surface area contributed by atoms with Crippen LogP contribution in [0, 0.1) is 5.92 Å². The fourth-order valence-corrected chi connectivity index (χ4v) is 2.22. The summed E-state index contributed by atoms with van der Waals surface area (Å²) < 4.78 is 41.1. The lowest BCUT2D eigenvalue weighted by Gasteiger charge is -2.39. The molecule has 0 radical (unpaired) electrons. The van der Waals surface area contributed by atoms with E-state index in [4.69, 9.17) is 10.5 Å². The van der Waals surface area contributed by atoms with Crippen molar-refractivity contribution in [1.82, 2.24) is 0 Å². The Bertz CT molecular complexity index is 207. The Labute approximate surface area is 88.0 Å². The average molecular weight is 225 g/mol. The minimum atomic E-state index is -4.26. The van der Waals surface area contributed by atoms with Crippen LogP contribution in [0.25, 0.3) is 0 Å². The van der Waals surface area contributed by atoms with E-state index in [1.807, 2.05) is 6.92 Å². The topological polar surface area (TPSA) is 35.2 Å². The van der Waals surface area contributed by atoms with Gasteiger partial charge in [0.15, 0.2) is 0 Å². The number of hydrogen-bond donors (Lipinski definition) is 1. The van der Waals surface area contributed by atoms with E-state index in [1.54, 1.807) is 0 Å². The second-order valence-corrected chi connectivity index (χ2v) is 4.49. The molecular formula is C10H18F3NO. The lowest BCUT2D eigenvalue weighted by molar-refractivity contribution is -0.211. The Kier molecular flexibility index (Phi) is 4.00. The predicted octanol–water partition coefficient (Wildman–Crippen LogP) is 2.47. The van der Waals surface area contributed by atoms with Gasteiger partial charge in [-0.05, 0) is 18.8 Å². The molecule has 1 aliphatic rings. The number of halogens is 3. The third-order valence-corrected chi connectivity index (χ3v) is 2.96. The van der Waals surface area contributed by atoms with Crippen LogP contribution in [0.2, 0.25) is 0 Å². The number of hydrogen-bond acceptors (Lipinski definition) is 2. The first-order chi connectivity index (χ1) is 6.87. The van der Waals surface area contributed by atoms with Crippen LogP contribution in [0.15, 0.2) is 0 Å². The lowest BCUT2D eigenvalue weighted by Crippen LogP contribution is -2.46. The van der Waals surface area contributed by atoms with E-state index in [-0.39, 0.29) is 6.54 Å². The number of nitrogens with two attached hydrogens (primary N) is 1. The lowest BCUT2D eigenvalue weighted by atomic mass is 9.79. The van der Waals surface area contributed by atoms with Gasteiger partial charge in [-0.1, -0.05) is 19.8 Å². The van der Waals surface area contributed by atoms with Crippen molar-refractivity contribution in [2.24, 2.45) is 11.7 Å². The van der Waals surface area contributed by atoms with Gasteiger partial charge < -0.3 is 10.5 Å². The zero-order valence-corrected chi connectivity index (χ0v) is 8.94. The van der Waals surface area contributed by atoms with Gasteiger partial charge in [0.25, 0.3) is 0 Å². The Morgan fingerprint density at radius 2 is 2.13 bits per heavy atom. The second kappa shape index (κ2) is 4.70. The van der Waals surface area contributed by atoms with Gasteiger partial charge in [-0.2, -0.15) is 13.2 Å². The molecule has 5 heteroatoms. The van der Waals surface area contributed by atoms with Crippen LogP contribution < -0.4 is 5.73 Å². The Morgan fingerprint density at radius 1 is 1.47 bits per heavy atom. The molecule has 0 bridgehead atoms. The minimum absolute atomic E-state index is 0.174. The number of rotatable bonds is 3. The van der Waals surface area contributed by atoms with Crippen molar-refractivity contribution in [1.29, 1.82) is 0 Å². The summed E-state index contributed by atoms with van der Waals surface area (Å²) in [4.78, 5) is 0. The Balaban J connectivity index is 2.52. The maximum atomic E-state index is 12.0. The minimum Gasteiger partial charge on any atom is -0.364 e. The molecule has 1 fully saturated rings. The molecule has 1 rings (SSSR count). The van der Waals surface area contributed by atoms with Gasteiger partial charge in [-0.25, -0.2) is 0 Å². The maximum Gasteiger partial charge on any atom is 0.411 e. The van der Waals surface area contributed by atoms with Crippen LogP contribution in [-0.2, 0) is 4.74 Å². The first kappa shape index (κ1) is 12.8. The fourth-order valence-electron chi connectivity index (χ4n) is 2.22. The van der Waals surface area contributed by atoms with E-state index in [2.05, 4.69) is 0 Å². The van der Waals surface area contributed by atoms with E-state index in [1.165, 1.54) is 0 Å². The highest BCUT2D eigenvalue weighted by molar-refractivity contribution is 4.88. The van der Waals surface area contributed by atoms with Gasteiger partial charge in [-0.3, -0.25) is 0 Å². The molecule has 90 valence electrons. The molecule has 0 aliphatic heterocycles. The van der Waals surface area contributed by atoms with Crippen LogP contribution >= 0.6 is 0 Å². The van der Waals surface area contributed by atoms with Gasteiger partial charge in [0.2, 0.25) is 0 Å². The summed E-state index contributed by atoms with van der Waals surface area (Å²) in [6.07, 6.45) is -1.03. The molecule has 0 saturated heterocycles. The third kappa shape index (κ3) is 3.99. The highest BCUT2D eigenvalue weighted by Gasteiger charge is 2.38. The molecule has 0 spiro atoms. The standard InChI is InChI=1S/C10H18F3NO/c1-8-3-2-4-9(5-8,6-14)15-7-10(11,12)13/h8H,2-7,14H2,1H3. The molecular weight excluding hydrogens is 207 g/mol.